The molecule has 0 aliphatic rings. The quantitative estimate of drug-likeness (QED) is 0.311. The van der Waals surface area contributed by atoms with Crippen molar-refractivity contribution < 1.29 is 9.90 Å². The second-order valence-electron chi connectivity index (χ2n) is 5.97. The Morgan fingerprint density at radius 3 is 2.67 bits per heavy atom. The molecule has 1 heterocycles. The van der Waals surface area contributed by atoms with Crippen molar-refractivity contribution >= 4 is 58.1 Å². The van der Waals surface area contributed by atoms with Crippen LogP contribution in [0.4, 0.5) is 0 Å². The van der Waals surface area contributed by atoms with E-state index in [1.165, 1.54) is 18.3 Å². The number of rotatable bonds is 5. The Labute approximate surface area is 170 Å². The van der Waals surface area contributed by atoms with Gasteiger partial charge in [-0.15, -0.1) is 0 Å². The zero-order valence-electron chi connectivity index (χ0n) is 14.5. The van der Waals surface area contributed by atoms with Crippen molar-refractivity contribution in [3.05, 3.63) is 51.5 Å². The number of nitrogens with one attached hydrogen (secondary N) is 2. The average Bonchev–Trinajstić information content (AvgIpc) is 2.99. The van der Waals surface area contributed by atoms with E-state index < -0.39 is 0 Å². The molecule has 0 atom stereocenters. The van der Waals surface area contributed by atoms with Crippen LogP contribution in [0.2, 0.25) is 10.0 Å². The van der Waals surface area contributed by atoms with Gasteiger partial charge in [-0.2, -0.15) is 5.10 Å². The Bertz CT molecular complexity index is 1010. The Hall–Kier alpha value is -2.22. The maximum absolute atomic E-state index is 12.3. The van der Waals surface area contributed by atoms with Gasteiger partial charge in [0.25, 0.3) is 5.91 Å². The number of thioether (sulfide) groups is 1. The summed E-state index contributed by atoms with van der Waals surface area (Å²) < 4.78 is 0. The van der Waals surface area contributed by atoms with E-state index in [0.29, 0.717) is 16.4 Å². The summed E-state index contributed by atoms with van der Waals surface area (Å²) >= 11 is 13.3. The summed E-state index contributed by atoms with van der Waals surface area (Å²) in [4.78, 5) is 20.0. The van der Waals surface area contributed by atoms with E-state index >= 15 is 0 Å². The van der Waals surface area contributed by atoms with E-state index in [4.69, 9.17) is 23.2 Å². The van der Waals surface area contributed by atoms with Crippen LogP contribution in [0.1, 0.15) is 29.8 Å². The van der Waals surface area contributed by atoms with Gasteiger partial charge < -0.3 is 10.1 Å². The highest BCUT2D eigenvalue weighted by atomic mass is 35.5. The first-order valence-corrected chi connectivity index (χ1v) is 9.65. The van der Waals surface area contributed by atoms with E-state index in [-0.39, 0.29) is 21.7 Å². The average molecular weight is 423 g/mol. The van der Waals surface area contributed by atoms with E-state index in [1.807, 2.05) is 0 Å². The van der Waals surface area contributed by atoms with Gasteiger partial charge in [-0.1, -0.05) is 48.8 Å². The van der Waals surface area contributed by atoms with Gasteiger partial charge in [0, 0.05) is 10.8 Å². The molecule has 9 heteroatoms. The molecule has 0 unspecified atom stereocenters. The fraction of sp³-hybridized carbons (Fsp3) is 0.167. The van der Waals surface area contributed by atoms with Crippen molar-refractivity contribution in [1.82, 2.24) is 15.4 Å². The number of amides is 1. The van der Waals surface area contributed by atoms with Gasteiger partial charge >= 0.3 is 0 Å². The van der Waals surface area contributed by atoms with E-state index in [9.17, 15) is 9.90 Å². The number of imidazole rings is 1. The molecule has 0 bridgehead atoms. The molecule has 140 valence electrons. The van der Waals surface area contributed by atoms with Crippen molar-refractivity contribution in [1.29, 1.82) is 0 Å². The highest BCUT2D eigenvalue weighted by molar-refractivity contribution is 7.99. The number of benzene rings is 2. The lowest BCUT2D eigenvalue weighted by atomic mass is 10.2. The van der Waals surface area contributed by atoms with Gasteiger partial charge in [0.05, 0.1) is 27.3 Å². The molecule has 1 amide bonds. The molecule has 3 N–H and O–H groups in total. The van der Waals surface area contributed by atoms with Gasteiger partial charge in [-0.05, 0) is 35.9 Å². The Morgan fingerprint density at radius 2 is 2.00 bits per heavy atom. The van der Waals surface area contributed by atoms with Gasteiger partial charge in [-0.25, -0.2) is 10.4 Å². The van der Waals surface area contributed by atoms with Crippen LogP contribution in [0.3, 0.4) is 0 Å². The lowest BCUT2D eigenvalue weighted by molar-refractivity contribution is 0.0955. The summed E-state index contributed by atoms with van der Waals surface area (Å²) in [5.74, 6) is -0.556. The third-order valence-corrected chi connectivity index (χ3v) is 4.95. The topological polar surface area (TPSA) is 90.4 Å². The number of phenolic OH excluding ortho intramolecular Hbond substituents is 1. The van der Waals surface area contributed by atoms with Crippen LogP contribution in [0.15, 0.2) is 40.6 Å². The summed E-state index contributed by atoms with van der Waals surface area (Å²) in [5.41, 5.74) is 5.02. The number of halogens is 2. The van der Waals surface area contributed by atoms with E-state index in [0.717, 1.165) is 16.2 Å². The van der Waals surface area contributed by atoms with Crippen molar-refractivity contribution in [3.8, 4) is 5.75 Å². The summed E-state index contributed by atoms with van der Waals surface area (Å²) in [7, 11) is 0. The number of hydrogen-bond acceptors (Lipinski definition) is 5. The van der Waals surface area contributed by atoms with Crippen LogP contribution in [-0.2, 0) is 0 Å². The van der Waals surface area contributed by atoms with Crippen LogP contribution in [0, 0.1) is 0 Å². The summed E-state index contributed by atoms with van der Waals surface area (Å²) in [6.07, 6.45) is 1.39. The second-order valence-corrected chi connectivity index (χ2v) is 8.35. The highest BCUT2D eigenvalue weighted by Gasteiger charge is 2.10. The number of hydrazone groups is 1. The zero-order valence-corrected chi connectivity index (χ0v) is 16.8. The number of aromatic nitrogens is 2. The van der Waals surface area contributed by atoms with Crippen LogP contribution in [-0.4, -0.2) is 32.4 Å². The number of phenols is 1. The molecule has 0 radical (unpaired) electrons. The number of H-pyrrole nitrogens is 1. The molecule has 0 spiro atoms. The first-order chi connectivity index (χ1) is 12.8. The number of hydrogen-bond donors (Lipinski definition) is 3. The molecular formula is C18H16Cl2N4O2S. The van der Waals surface area contributed by atoms with Crippen molar-refractivity contribution in [2.24, 2.45) is 5.10 Å². The minimum atomic E-state index is -0.364. The van der Waals surface area contributed by atoms with Crippen LogP contribution in [0.5, 0.6) is 5.75 Å². The summed E-state index contributed by atoms with van der Waals surface area (Å²) in [5, 5.41) is 14.9. The normalized spacial score (nSPS) is 11.6. The smallest absolute Gasteiger partial charge is 0.271 e. The molecule has 3 rings (SSSR count). The SMILES string of the molecule is CC(C)Sc1nc2ccc(C(=O)N/N=C\c3cc(Cl)c(O)c(Cl)c3)cc2[nH]1. The van der Waals surface area contributed by atoms with E-state index in [2.05, 4.69) is 34.3 Å². The minimum Gasteiger partial charge on any atom is -0.505 e. The maximum atomic E-state index is 12.3. The number of aromatic amines is 1. The number of nitrogens with zero attached hydrogens (tertiary/aromatic N) is 2. The third kappa shape index (κ3) is 4.74. The Morgan fingerprint density at radius 1 is 1.30 bits per heavy atom. The Kier molecular flexibility index (Phi) is 5.94. The monoisotopic (exact) mass is 422 g/mol. The predicted octanol–water partition coefficient (Wildman–Crippen LogP) is 4.84. The molecule has 6 nitrogen and oxygen atoms in total. The largest absolute Gasteiger partial charge is 0.505 e. The van der Waals surface area contributed by atoms with Gasteiger partial charge in [0.15, 0.2) is 10.9 Å². The van der Waals surface area contributed by atoms with Crippen LogP contribution < -0.4 is 5.43 Å². The first-order valence-electron chi connectivity index (χ1n) is 8.01. The molecule has 27 heavy (non-hydrogen) atoms. The number of fused-ring (bicyclic) bond motifs is 1. The van der Waals surface area contributed by atoms with Gasteiger partial charge in [0.2, 0.25) is 0 Å². The lowest BCUT2D eigenvalue weighted by Crippen LogP contribution is -2.17. The van der Waals surface area contributed by atoms with Gasteiger partial charge in [0.1, 0.15) is 0 Å². The number of aromatic hydroxyl groups is 1. The molecule has 0 saturated heterocycles. The molecule has 0 aliphatic carbocycles. The third-order valence-electron chi connectivity index (χ3n) is 3.49. The number of carbonyl (C=O) groups is 1. The predicted molar refractivity (Wildman–Crippen MR) is 110 cm³/mol. The highest BCUT2D eigenvalue weighted by Crippen LogP contribution is 2.32. The first kappa shape index (κ1) is 19.5. The maximum Gasteiger partial charge on any atom is 0.271 e. The fourth-order valence-electron chi connectivity index (χ4n) is 2.30. The summed E-state index contributed by atoms with van der Waals surface area (Å²) in [6.45, 7) is 4.17. The minimum absolute atomic E-state index is 0.107. The summed E-state index contributed by atoms with van der Waals surface area (Å²) in [6, 6.07) is 8.18. The second kappa shape index (κ2) is 8.21. The molecule has 0 aliphatic heterocycles. The van der Waals surface area contributed by atoms with E-state index in [1.54, 1.807) is 30.0 Å². The van der Waals surface area contributed by atoms with Crippen molar-refractivity contribution in [3.63, 3.8) is 0 Å². The fourth-order valence-corrected chi connectivity index (χ4v) is 3.57. The molecule has 1 aromatic heterocycles. The van der Waals surface area contributed by atoms with Crippen molar-refractivity contribution in [2.75, 3.05) is 0 Å². The Balaban J connectivity index is 1.72. The molecular weight excluding hydrogens is 407 g/mol. The number of carbonyl (C=O) groups excluding carboxylic acids is 1. The van der Waals surface area contributed by atoms with Crippen molar-refractivity contribution in [2.45, 2.75) is 24.3 Å². The molecule has 2 aromatic carbocycles. The lowest BCUT2D eigenvalue weighted by Gasteiger charge is -2.02. The van der Waals surface area contributed by atoms with Crippen LogP contribution >= 0.6 is 35.0 Å². The standard InChI is InChI=1S/C18H16Cl2N4O2S/c1-9(2)27-18-22-14-4-3-11(7-15(14)23-18)17(26)24-21-8-10-5-12(19)16(25)13(20)6-10/h3-9,25H,1-2H3,(H,22,23)(H,24,26)/b21-8-. The molecule has 3 aromatic rings. The zero-order chi connectivity index (χ0) is 19.6. The molecule has 0 saturated carbocycles. The molecule has 0 fully saturated rings. The van der Waals surface area contributed by atoms with Crippen LogP contribution in [0.25, 0.3) is 11.0 Å². The van der Waals surface area contributed by atoms with Gasteiger partial charge in [-0.3, -0.25) is 4.79 Å².